The fourth-order valence-corrected chi connectivity index (χ4v) is 10.6. The number of hydrogen-bond donors (Lipinski definition) is 0. The molecule has 334 valence electrons. The van der Waals surface area contributed by atoms with Gasteiger partial charge in [0.05, 0.1) is 17.4 Å². The molecule has 7 aromatic carbocycles. The summed E-state index contributed by atoms with van der Waals surface area (Å²) in [7, 11) is 0. The van der Waals surface area contributed by atoms with Crippen molar-refractivity contribution in [3.05, 3.63) is 208 Å². The molecule has 4 heteroatoms. The zero-order valence-electron chi connectivity index (χ0n) is 39.8. The van der Waals surface area contributed by atoms with E-state index in [0.717, 1.165) is 61.1 Å². The maximum Gasteiger partial charge on any atom is 0.0989 e. The van der Waals surface area contributed by atoms with E-state index in [-0.39, 0.29) is 18.0 Å². The predicted octanol–water partition coefficient (Wildman–Crippen LogP) is 14.6. The van der Waals surface area contributed by atoms with Crippen molar-refractivity contribution in [3.8, 4) is 22.3 Å². The lowest BCUT2D eigenvalue weighted by atomic mass is 9.77. The van der Waals surface area contributed by atoms with Crippen molar-refractivity contribution >= 4 is 29.4 Å². The standard InChI is InChI=1S/C62H66N4/c1-7-46-41-63-51(8-2)39-57-59(46)60(49-32-30-47(31-33-49)44(6)56(48-24-16-11-17-25-48)38-45-22-14-10-15-23-45)58-40-52(9-3)65(42-43(4)5)64-62(58)61(57)50-34-36-55(37-35-50)66(53-26-18-12-19-27-53)54-28-20-13-21-29-54/h10-37,40-41,43-44,46,51-52,56H,7-9,38-39,42H2,1-6H3. The van der Waals surface area contributed by atoms with Gasteiger partial charge in [0, 0.05) is 46.5 Å². The molecule has 0 saturated carbocycles. The molecule has 0 N–H and O–H groups in total. The van der Waals surface area contributed by atoms with Crippen molar-refractivity contribution in [1.29, 1.82) is 0 Å². The Morgan fingerprint density at radius 2 is 1.15 bits per heavy atom. The first-order valence-corrected chi connectivity index (χ1v) is 24.6. The molecule has 2 aliphatic heterocycles. The Morgan fingerprint density at radius 3 is 1.73 bits per heavy atom. The lowest BCUT2D eigenvalue weighted by Gasteiger charge is -2.33. The molecule has 4 nitrogen and oxygen atoms in total. The monoisotopic (exact) mass is 867 g/mol. The largest absolute Gasteiger partial charge is 0.311 e. The van der Waals surface area contributed by atoms with E-state index in [4.69, 9.17) is 10.1 Å². The van der Waals surface area contributed by atoms with Crippen LogP contribution in [0.3, 0.4) is 0 Å². The Morgan fingerprint density at radius 1 is 0.591 bits per heavy atom. The third-order valence-electron chi connectivity index (χ3n) is 14.1. The highest BCUT2D eigenvalue weighted by Crippen LogP contribution is 2.42. The molecule has 5 unspecified atom stereocenters. The van der Waals surface area contributed by atoms with Gasteiger partial charge in [-0.25, -0.2) is 0 Å². The number of fused-ring (bicyclic) bond motifs is 2. The smallest absolute Gasteiger partial charge is 0.0989 e. The second kappa shape index (κ2) is 20.3. The molecular formula is C62H66N4. The molecule has 5 atom stereocenters. The van der Waals surface area contributed by atoms with E-state index < -0.39 is 0 Å². The van der Waals surface area contributed by atoms with E-state index in [1.54, 1.807) is 0 Å². The van der Waals surface area contributed by atoms with Gasteiger partial charge in [-0.2, -0.15) is 5.10 Å². The molecule has 0 aromatic heterocycles. The Labute approximate surface area is 394 Å². The third-order valence-corrected chi connectivity index (χ3v) is 14.1. The van der Waals surface area contributed by atoms with Crippen LogP contribution in [0, 0.1) is 5.92 Å². The van der Waals surface area contributed by atoms with Crippen LogP contribution in [-0.4, -0.2) is 29.9 Å². The van der Waals surface area contributed by atoms with Crippen molar-refractivity contribution in [2.45, 2.75) is 103 Å². The van der Waals surface area contributed by atoms with Gasteiger partial charge in [0.15, 0.2) is 0 Å². The van der Waals surface area contributed by atoms with Crippen molar-refractivity contribution in [1.82, 2.24) is 5.01 Å². The fourth-order valence-electron chi connectivity index (χ4n) is 10.6. The van der Waals surface area contributed by atoms with E-state index in [1.807, 2.05) is 0 Å². The minimum absolute atomic E-state index is 0.177. The van der Waals surface area contributed by atoms with Crippen LogP contribution in [-0.2, 0) is 12.8 Å². The quantitative estimate of drug-likeness (QED) is 0.103. The van der Waals surface area contributed by atoms with E-state index in [1.165, 1.54) is 55.3 Å². The van der Waals surface area contributed by atoms with Crippen LogP contribution in [0.25, 0.3) is 28.3 Å². The lowest BCUT2D eigenvalue weighted by Crippen LogP contribution is -2.45. The maximum atomic E-state index is 5.79. The van der Waals surface area contributed by atoms with Crippen LogP contribution in [0.15, 0.2) is 180 Å². The second-order valence-electron chi connectivity index (χ2n) is 18.9. The summed E-state index contributed by atoms with van der Waals surface area (Å²) >= 11 is 0. The summed E-state index contributed by atoms with van der Waals surface area (Å²) in [6, 6.07) is 62.8. The van der Waals surface area contributed by atoms with E-state index in [2.05, 4.69) is 234 Å². The van der Waals surface area contributed by atoms with Gasteiger partial charge in [0.1, 0.15) is 0 Å². The number of hydrogen-bond acceptors (Lipinski definition) is 4. The molecule has 2 aliphatic rings. The van der Waals surface area contributed by atoms with Gasteiger partial charge in [-0.3, -0.25) is 10.0 Å². The summed E-state index contributed by atoms with van der Waals surface area (Å²) in [6.07, 6.45) is 9.68. The number of aliphatic imine (C=N–C) groups is 1. The molecule has 2 heterocycles. The average molecular weight is 867 g/mol. The van der Waals surface area contributed by atoms with E-state index >= 15 is 0 Å². The second-order valence-corrected chi connectivity index (χ2v) is 18.9. The third kappa shape index (κ3) is 9.29. The van der Waals surface area contributed by atoms with Gasteiger partial charge < -0.3 is 4.90 Å². The van der Waals surface area contributed by atoms with Gasteiger partial charge in [-0.05, 0) is 131 Å². The number of para-hydroxylation sites is 2. The summed E-state index contributed by atoms with van der Waals surface area (Å²) in [5, 5.41) is 10.5. The average Bonchev–Trinajstić information content (AvgIpc) is 3.55. The predicted molar refractivity (Wildman–Crippen MR) is 280 cm³/mol. The zero-order valence-corrected chi connectivity index (χ0v) is 39.8. The Bertz CT molecular complexity index is 2800. The molecule has 0 amide bonds. The number of rotatable bonds is 15. The Balaban J connectivity index is 1.23. The highest BCUT2D eigenvalue weighted by atomic mass is 15.5. The summed E-state index contributed by atoms with van der Waals surface area (Å²) in [6.45, 7) is 14.9. The number of benzene rings is 7. The molecule has 7 aromatic rings. The number of anilines is 3. The molecule has 0 radical (unpaired) electrons. The summed E-state index contributed by atoms with van der Waals surface area (Å²) in [4.78, 5) is 7.68. The van der Waals surface area contributed by atoms with Crippen LogP contribution < -0.4 is 15.5 Å². The molecule has 66 heavy (non-hydrogen) atoms. The van der Waals surface area contributed by atoms with E-state index in [9.17, 15) is 0 Å². The first-order chi connectivity index (χ1) is 32.3. The molecule has 0 bridgehead atoms. The van der Waals surface area contributed by atoms with Gasteiger partial charge in [0.25, 0.3) is 0 Å². The highest BCUT2D eigenvalue weighted by Gasteiger charge is 2.31. The van der Waals surface area contributed by atoms with Crippen LogP contribution in [0.5, 0.6) is 0 Å². The van der Waals surface area contributed by atoms with Crippen molar-refractivity contribution in [3.63, 3.8) is 0 Å². The van der Waals surface area contributed by atoms with E-state index in [0.29, 0.717) is 17.8 Å². The zero-order chi connectivity index (χ0) is 45.6. The van der Waals surface area contributed by atoms with Crippen molar-refractivity contribution in [2.75, 3.05) is 11.4 Å². The maximum absolute atomic E-state index is 5.79. The van der Waals surface area contributed by atoms with Gasteiger partial charge >= 0.3 is 0 Å². The summed E-state index contributed by atoms with van der Waals surface area (Å²) < 4.78 is 0. The number of nitrogens with zero attached hydrogens (tertiary/aromatic N) is 4. The topological polar surface area (TPSA) is 31.2 Å². The Hall–Kier alpha value is -6.52. The van der Waals surface area contributed by atoms with Crippen molar-refractivity contribution in [2.24, 2.45) is 16.0 Å². The highest BCUT2D eigenvalue weighted by molar-refractivity contribution is 5.86. The lowest BCUT2D eigenvalue weighted by molar-refractivity contribution is 0.206. The normalized spacial score (nSPS) is 17.5. The molecule has 0 aliphatic carbocycles. The molecule has 0 saturated heterocycles. The van der Waals surface area contributed by atoms with Gasteiger partial charge in [-0.15, -0.1) is 0 Å². The first kappa shape index (κ1) is 44.7. The Kier molecular flexibility index (Phi) is 13.8. The first-order valence-electron chi connectivity index (χ1n) is 24.6. The summed E-state index contributed by atoms with van der Waals surface area (Å²) in [5.74, 6) is 1.31. The molecule has 0 spiro atoms. The summed E-state index contributed by atoms with van der Waals surface area (Å²) in [5.41, 5.74) is 15.4. The molecule has 9 rings (SSSR count). The minimum Gasteiger partial charge on any atom is -0.311 e. The minimum atomic E-state index is 0.177. The van der Waals surface area contributed by atoms with Crippen molar-refractivity contribution < 1.29 is 0 Å². The van der Waals surface area contributed by atoms with Gasteiger partial charge in [0.2, 0.25) is 0 Å². The van der Waals surface area contributed by atoms with Crippen LogP contribution in [0.1, 0.15) is 106 Å². The SMILES string of the molecule is CCC1Cc2c(c(-c3ccc(C(C)C(Cc4ccccc4)c4ccccc4)cc3)c3c(c2-c2ccc(N(c4ccccc4)c4ccccc4)cc2)=NN(CC(C)C)C(CC)C=3)C(CC)C=N1. The molecular weight excluding hydrogens is 801 g/mol. The fraction of sp³-hybridized carbons (Fsp3) is 0.290. The van der Waals surface area contributed by atoms with Gasteiger partial charge in [-0.1, -0.05) is 181 Å². The van der Waals surface area contributed by atoms with Crippen LogP contribution in [0.2, 0.25) is 0 Å². The molecule has 0 fully saturated rings. The van der Waals surface area contributed by atoms with Crippen LogP contribution in [0.4, 0.5) is 17.1 Å². The van der Waals surface area contributed by atoms with Crippen LogP contribution >= 0.6 is 0 Å².